The molecule has 2 aromatic rings. The normalized spacial score (nSPS) is 18.1. The van der Waals surface area contributed by atoms with E-state index in [4.69, 9.17) is 15.0 Å². The van der Waals surface area contributed by atoms with E-state index in [1.165, 1.54) is 5.56 Å². The minimum Gasteiger partial charge on any atom is -0.335 e. The maximum atomic E-state index is 16.3. The number of alkyl halides is 1. The third kappa shape index (κ3) is 7.33. The summed E-state index contributed by atoms with van der Waals surface area (Å²) in [6, 6.07) is 8.20. The van der Waals surface area contributed by atoms with Crippen molar-refractivity contribution in [1.29, 1.82) is 0 Å². The largest absolute Gasteiger partial charge is 0.335 e. The first-order valence-electron chi connectivity index (χ1n) is 14.2. The molecular weight excluding hydrogens is 495 g/mol. The van der Waals surface area contributed by atoms with Crippen LogP contribution >= 0.6 is 0 Å². The number of unbranched alkanes of at least 4 members (excludes halogenated alkanes) is 1. The molecular formula is C35H39FN4. The summed E-state index contributed by atoms with van der Waals surface area (Å²) in [6.07, 6.45) is 20.8. The molecule has 4 rings (SSSR count). The summed E-state index contributed by atoms with van der Waals surface area (Å²) < 4.78 is 16.3. The average molecular weight is 535 g/mol. The molecule has 2 aliphatic rings. The van der Waals surface area contributed by atoms with E-state index < -0.39 is 5.79 Å². The Labute approximate surface area is 238 Å². The quantitative estimate of drug-likeness (QED) is 0.165. The number of nitrogens with zero attached hydrogens (tertiary/aromatic N) is 4. The number of benzene rings is 1. The SMILES string of the molecule is CC=CC(C)(F)N(CCc1nc(C2=CCC(C)C=C2)nc(-c2ccc(C)cc2)n1)/C(=C\CCC)C1=C=C=CC=C1. The molecule has 1 heterocycles. The Kier molecular flexibility index (Phi) is 9.66. The van der Waals surface area contributed by atoms with Crippen molar-refractivity contribution < 1.29 is 4.39 Å². The number of rotatable bonds is 11. The molecule has 1 aromatic carbocycles. The molecule has 0 radical (unpaired) electrons. The minimum atomic E-state index is -1.72. The molecule has 206 valence electrons. The summed E-state index contributed by atoms with van der Waals surface area (Å²) in [6.45, 7) is 10.2. The Bertz CT molecular complexity index is 1460. The van der Waals surface area contributed by atoms with E-state index in [1.807, 2.05) is 31.2 Å². The molecule has 0 saturated carbocycles. The molecule has 4 nitrogen and oxygen atoms in total. The lowest BCUT2D eigenvalue weighted by molar-refractivity contribution is 0.0588. The highest BCUT2D eigenvalue weighted by Gasteiger charge is 2.31. The van der Waals surface area contributed by atoms with Gasteiger partial charge in [0, 0.05) is 29.7 Å². The van der Waals surface area contributed by atoms with Crippen molar-refractivity contribution in [2.75, 3.05) is 6.54 Å². The molecule has 0 N–H and O–H groups in total. The van der Waals surface area contributed by atoms with Crippen molar-refractivity contribution in [2.24, 2.45) is 5.92 Å². The second kappa shape index (κ2) is 13.3. The Morgan fingerprint density at radius 2 is 1.93 bits per heavy atom. The Morgan fingerprint density at radius 3 is 2.58 bits per heavy atom. The number of hydrogen-bond donors (Lipinski definition) is 0. The van der Waals surface area contributed by atoms with Gasteiger partial charge in [-0.05, 0) is 57.8 Å². The van der Waals surface area contributed by atoms with E-state index in [0.717, 1.165) is 41.7 Å². The van der Waals surface area contributed by atoms with Crippen LogP contribution in [0.25, 0.3) is 17.0 Å². The molecule has 0 saturated heterocycles. The van der Waals surface area contributed by atoms with Crippen LogP contribution in [0.3, 0.4) is 0 Å². The Balaban J connectivity index is 1.74. The highest BCUT2D eigenvalue weighted by molar-refractivity contribution is 5.71. The second-order valence-corrected chi connectivity index (χ2v) is 10.5. The van der Waals surface area contributed by atoms with Gasteiger partial charge >= 0.3 is 0 Å². The summed E-state index contributed by atoms with van der Waals surface area (Å²) in [5, 5.41) is 0. The predicted octanol–water partition coefficient (Wildman–Crippen LogP) is 8.42. The van der Waals surface area contributed by atoms with Crippen molar-refractivity contribution >= 4 is 5.57 Å². The maximum absolute atomic E-state index is 16.3. The number of halogens is 1. The van der Waals surface area contributed by atoms with Crippen LogP contribution < -0.4 is 0 Å². The number of hydrogen-bond acceptors (Lipinski definition) is 4. The molecule has 2 unspecified atom stereocenters. The van der Waals surface area contributed by atoms with Gasteiger partial charge in [0.15, 0.2) is 17.4 Å². The first-order valence-corrected chi connectivity index (χ1v) is 14.2. The topological polar surface area (TPSA) is 41.9 Å². The van der Waals surface area contributed by atoms with E-state index in [9.17, 15) is 0 Å². The lowest BCUT2D eigenvalue weighted by Crippen LogP contribution is -2.42. The van der Waals surface area contributed by atoms with Crippen molar-refractivity contribution in [1.82, 2.24) is 19.9 Å². The average Bonchev–Trinajstić information content (AvgIpc) is 2.95. The van der Waals surface area contributed by atoms with Gasteiger partial charge in [-0.15, -0.1) is 0 Å². The molecule has 0 spiro atoms. The van der Waals surface area contributed by atoms with Crippen molar-refractivity contribution in [2.45, 2.75) is 66.1 Å². The third-order valence-electron chi connectivity index (χ3n) is 6.96. The summed E-state index contributed by atoms with van der Waals surface area (Å²) in [5.74, 6) is 0.680. The zero-order chi connectivity index (χ0) is 28.5. The van der Waals surface area contributed by atoms with Crippen LogP contribution in [0.2, 0.25) is 0 Å². The van der Waals surface area contributed by atoms with Crippen LogP contribution in [0.15, 0.2) is 102 Å². The molecule has 0 bridgehead atoms. The highest BCUT2D eigenvalue weighted by Crippen LogP contribution is 2.30. The highest BCUT2D eigenvalue weighted by atomic mass is 19.1. The molecule has 40 heavy (non-hydrogen) atoms. The van der Waals surface area contributed by atoms with Crippen LogP contribution in [0, 0.1) is 12.8 Å². The fraction of sp³-hybridized carbons (Fsp3) is 0.343. The predicted molar refractivity (Wildman–Crippen MR) is 163 cm³/mol. The zero-order valence-corrected chi connectivity index (χ0v) is 24.3. The van der Waals surface area contributed by atoms with Crippen LogP contribution in [-0.4, -0.2) is 32.2 Å². The van der Waals surface area contributed by atoms with Gasteiger partial charge in [-0.1, -0.05) is 98.0 Å². The number of allylic oxidation sites excluding steroid dienone is 9. The lowest BCUT2D eigenvalue weighted by atomic mass is 9.98. The molecule has 0 aliphatic heterocycles. The fourth-order valence-electron chi connectivity index (χ4n) is 4.72. The van der Waals surface area contributed by atoms with Gasteiger partial charge in [0.25, 0.3) is 0 Å². The molecule has 0 fully saturated rings. The van der Waals surface area contributed by atoms with Gasteiger partial charge in [-0.2, -0.15) is 0 Å². The smallest absolute Gasteiger partial charge is 0.198 e. The standard InChI is InChI=1S/C35H39FN4/c1-6-8-14-31(28-12-10-9-11-13-28)40(35(5,36)24-7-2)25-23-32-37-33(29-19-15-26(3)16-20-29)39-34(38-32)30-21-17-27(4)18-22-30/h7,9-10,12,14-17,19-22,24,27H,6,8,18,23,25H2,1-5H3/b24-7?,31-14-. The maximum Gasteiger partial charge on any atom is 0.198 e. The lowest BCUT2D eigenvalue weighted by Gasteiger charge is -2.37. The number of aryl methyl sites for hydroxylation is 1. The van der Waals surface area contributed by atoms with Crippen molar-refractivity contribution in [3.63, 3.8) is 0 Å². The van der Waals surface area contributed by atoms with E-state index in [-0.39, 0.29) is 0 Å². The Morgan fingerprint density at radius 1 is 1.15 bits per heavy atom. The molecule has 2 atom stereocenters. The van der Waals surface area contributed by atoms with Crippen LogP contribution in [0.1, 0.15) is 64.2 Å². The summed E-state index contributed by atoms with van der Waals surface area (Å²) in [7, 11) is 0. The van der Waals surface area contributed by atoms with E-state index >= 15 is 4.39 Å². The minimum absolute atomic E-state index is 0.373. The third-order valence-corrected chi connectivity index (χ3v) is 6.96. The first-order chi connectivity index (χ1) is 19.3. The van der Waals surface area contributed by atoms with E-state index in [2.05, 4.69) is 68.7 Å². The van der Waals surface area contributed by atoms with Crippen molar-refractivity contribution in [3.05, 3.63) is 119 Å². The molecule has 5 heteroatoms. The van der Waals surface area contributed by atoms with Gasteiger partial charge < -0.3 is 4.90 Å². The van der Waals surface area contributed by atoms with Crippen LogP contribution in [-0.2, 0) is 6.42 Å². The van der Waals surface area contributed by atoms with Gasteiger partial charge in [0.2, 0.25) is 0 Å². The van der Waals surface area contributed by atoms with Crippen LogP contribution in [0.5, 0.6) is 0 Å². The number of aromatic nitrogens is 3. The Hall–Kier alpha value is -4.04. The van der Waals surface area contributed by atoms with Crippen molar-refractivity contribution in [3.8, 4) is 11.4 Å². The molecule has 2 aliphatic carbocycles. The zero-order valence-electron chi connectivity index (χ0n) is 24.3. The first kappa shape index (κ1) is 29.0. The van der Waals surface area contributed by atoms with Gasteiger partial charge in [-0.25, -0.2) is 19.3 Å². The molecule has 1 aromatic heterocycles. The van der Waals surface area contributed by atoms with E-state index in [0.29, 0.717) is 36.4 Å². The van der Waals surface area contributed by atoms with Gasteiger partial charge in [-0.3, -0.25) is 0 Å². The fourth-order valence-corrected chi connectivity index (χ4v) is 4.72. The molecule has 0 amide bonds. The van der Waals surface area contributed by atoms with E-state index in [1.54, 1.807) is 30.1 Å². The second-order valence-electron chi connectivity index (χ2n) is 10.5. The summed E-state index contributed by atoms with van der Waals surface area (Å²) in [4.78, 5) is 16.4. The van der Waals surface area contributed by atoms with Gasteiger partial charge in [0.1, 0.15) is 5.82 Å². The monoisotopic (exact) mass is 534 g/mol. The van der Waals surface area contributed by atoms with Crippen LogP contribution in [0.4, 0.5) is 4.39 Å². The summed E-state index contributed by atoms with van der Waals surface area (Å²) in [5.41, 5.74) is 10.9. The van der Waals surface area contributed by atoms with Gasteiger partial charge in [0.05, 0.1) is 5.70 Å². The summed E-state index contributed by atoms with van der Waals surface area (Å²) >= 11 is 0.